The predicted molar refractivity (Wildman–Crippen MR) is 135 cm³/mol. The van der Waals surface area contributed by atoms with Crippen LogP contribution in [0.25, 0.3) is 10.1 Å². The first-order chi connectivity index (χ1) is 16.4. The minimum absolute atomic E-state index is 0.0181. The number of aromatic nitrogens is 1. The smallest absolute Gasteiger partial charge is 0.243 e. The van der Waals surface area contributed by atoms with Crippen LogP contribution in [0.3, 0.4) is 0 Å². The predicted octanol–water partition coefficient (Wildman–Crippen LogP) is 5.18. The topological polar surface area (TPSA) is 88.6 Å². The maximum atomic E-state index is 13.5. The molecule has 0 unspecified atom stereocenters. The van der Waals surface area contributed by atoms with E-state index in [2.05, 4.69) is 9.69 Å². The van der Waals surface area contributed by atoms with Crippen LogP contribution in [0.4, 0.5) is 5.69 Å². The summed E-state index contributed by atoms with van der Waals surface area (Å²) < 4.78 is 38.7. The first-order valence-corrected chi connectivity index (χ1v) is 13.1. The van der Waals surface area contributed by atoms with Crippen molar-refractivity contribution in [2.24, 2.45) is 0 Å². The molecule has 0 bridgehead atoms. The van der Waals surface area contributed by atoms with Crippen molar-refractivity contribution in [1.82, 2.24) is 8.68 Å². The highest BCUT2D eigenvalue weighted by Crippen LogP contribution is 2.29. The molecule has 0 atom stereocenters. The van der Waals surface area contributed by atoms with E-state index >= 15 is 0 Å². The van der Waals surface area contributed by atoms with Crippen LogP contribution in [0.2, 0.25) is 5.02 Å². The highest BCUT2D eigenvalue weighted by molar-refractivity contribution is 7.89. The van der Waals surface area contributed by atoms with Gasteiger partial charge in [0.05, 0.1) is 27.8 Å². The summed E-state index contributed by atoms with van der Waals surface area (Å²) in [6, 6.07) is 18.8. The van der Waals surface area contributed by atoms with Crippen LogP contribution in [0.15, 0.2) is 77.8 Å². The first kappa shape index (κ1) is 24.2. The zero-order valence-corrected chi connectivity index (χ0v) is 20.7. The molecule has 1 amide bonds. The molecule has 4 rings (SSSR count). The second-order valence-electron chi connectivity index (χ2n) is 7.41. The van der Waals surface area contributed by atoms with Crippen LogP contribution in [-0.2, 0) is 21.4 Å². The molecule has 176 valence electrons. The molecule has 7 nitrogen and oxygen atoms in total. The highest BCUT2D eigenvalue weighted by atomic mass is 35.5. The summed E-state index contributed by atoms with van der Waals surface area (Å²) in [5.74, 6) is -0.0622. The van der Waals surface area contributed by atoms with Crippen LogP contribution in [0.5, 0.6) is 5.75 Å². The summed E-state index contributed by atoms with van der Waals surface area (Å²) in [7, 11) is -4.04. The van der Waals surface area contributed by atoms with Gasteiger partial charge in [0, 0.05) is 23.8 Å². The van der Waals surface area contributed by atoms with E-state index in [0.29, 0.717) is 18.0 Å². The lowest BCUT2D eigenvalue weighted by atomic mass is 10.2. The lowest BCUT2D eigenvalue weighted by molar-refractivity contribution is -0.116. The zero-order valence-electron chi connectivity index (χ0n) is 18.3. The Morgan fingerprint density at radius 2 is 1.91 bits per heavy atom. The van der Waals surface area contributed by atoms with Gasteiger partial charge in [0.2, 0.25) is 15.9 Å². The van der Waals surface area contributed by atoms with Crippen molar-refractivity contribution >= 4 is 54.8 Å². The van der Waals surface area contributed by atoms with Gasteiger partial charge < -0.3 is 10.1 Å². The molecule has 1 N–H and O–H groups in total. The lowest BCUT2D eigenvalue weighted by Gasteiger charge is -2.22. The van der Waals surface area contributed by atoms with Gasteiger partial charge in [-0.1, -0.05) is 41.9 Å². The molecule has 0 aliphatic heterocycles. The second-order valence-corrected chi connectivity index (χ2v) is 10.6. The van der Waals surface area contributed by atoms with Gasteiger partial charge in [-0.25, -0.2) is 8.42 Å². The zero-order chi connectivity index (χ0) is 24.1. The molecule has 0 fully saturated rings. The molecule has 4 aromatic rings. The Balaban J connectivity index is 1.60. The fourth-order valence-electron chi connectivity index (χ4n) is 3.39. The van der Waals surface area contributed by atoms with Gasteiger partial charge in [0.1, 0.15) is 5.75 Å². The lowest BCUT2D eigenvalue weighted by Crippen LogP contribution is -2.37. The Kier molecular flexibility index (Phi) is 7.47. The van der Waals surface area contributed by atoms with Crippen LogP contribution in [0, 0.1) is 0 Å². The van der Waals surface area contributed by atoms with E-state index in [-0.39, 0.29) is 23.0 Å². The minimum Gasteiger partial charge on any atom is -0.492 e. The number of benzene rings is 3. The Morgan fingerprint density at radius 1 is 1.12 bits per heavy atom. The summed E-state index contributed by atoms with van der Waals surface area (Å²) in [6.07, 6.45) is 1.72. The van der Waals surface area contributed by atoms with Crippen molar-refractivity contribution < 1.29 is 17.9 Å². The molecular weight excluding hydrogens is 494 g/mol. The van der Waals surface area contributed by atoms with Crippen LogP contribution < -0.4 is 10.1 Å². The third-order valence-corrected chi connectivity index (χ3v) is 7.86. The van der Waals surface area contributed by atoms with Gasteiger partial charge >= 0.3 is 0 Å². The van der Waals surface area contributed by atoms with E-state index in [1.165, 1.54) is 29.7 Å². The Labute approximate surface area is 207 Å². The van der Waals surface area contributed by atoms with Gasteiger partial charge in [0.25, 0.3) is 0 Å². The fraction of sp³-hybridized carbons (Fsp3) is 0.167. The van der Waals surface area contributed by atoms with Crippen LogP contribution >= 0.6 is 23.1 Å². The van der Waals surface area contributed by atoms with Gasteiger partial charge in [0.15, 0.2) is 0 Å². The summed E-state index contributed by atoms with van der Waals surface area (Å²) >= 11 is 7.60. The molecule has 34 heavy (non-hydrogen) atoms. The number of nitrogens with zero attached hydrogens (tertiary/aromatic N) is 2. The number of halogens is 1. The number of carbonyl (C=O) groups excluding carboxylic acids is 1. The number of ether oxygens (including phenoxy) is 1. The molecule has 0 spiro atoms. The number of hydrogen-bond donors (Lipinski definition) is 1. The van der Waals surface area contributed by atoms with E-state index in [9.17, 15) is 13.2 Å². The normalized spacial score (nSPS) is 11.6. The number of hydrogen-bond acceptors (Lipinski definition) is 6. The summed E-state index contributed by atoms with van der Waals surface area (Å²) in [5, 5.41) is 3.87. The summed E-state index contributed by atoms with van der Waals surface area (Å²) in [6.45, 7) is 1.87. The standard InChI is InChI=1S/C24H22ClN3O4S2/c1-2-32-22-10-9-20(13-21(22)25)34(30,31)28(15-17-6-4-3-5-7-17)16-24(29)27-19-8-11-23-18(12-19)14-26-33-23/h3-14H,2,15-16H2,1H3,(H,27,29). The van der Waals surface area contributed by atoms with Crippen molar-refractivity contribution in [3.8, 4) is 5.75 Å². The minimum atomic E-state index is -4.04. The van der Waals surface area contributed by atoms with Crippen molar-refractivity contribution in [2.75, 3.05) is 18.5 Å². The van der Waals surface area contributed by atoms with E-state index in [0.717, 1.165) is 20.0 Å². The summed E-state index contributed by atoms with van der Waals surface area (Å²) in [4.78, 5) is 12.9. The van der Waals surface area contributed by atoms with E-state index in [4.69, 9.17) is 16.3 Å². The van der Waals surface area contributed by atoms with Gasteiger partial charge in [-0.2, -0.15) is 8.68 Å². The quantitative estimate of drug-likeness (QED) is 0.332. The Hall–Kier alpha value is -2.98. The molecule has 10 heteroatoms. The van der Waals surface area contributed by atoms with Crippen LogP contribution in [0.1, 0.15) is 12.5 Å². The van der Waals surface area contributed by atoms with E-state index < -0.39 is 15.9 Å². The van der Waals surface area contributed by atoms with Gasteiger partial charge in [-0.05, 0) is 60.4 Å². The van der Waals surface area contributed by atoms with Crippen molar-refractivity contribution in [2.45, 2.75) is 18.4 Å². The van der Waals surface area contributed by atoms with Gasteiger partial charge in [-0.15, -0.1) is 0 Å². The molecule has 1 aromatic heterocycles. The molecule has 0 aliphatic rings. The highest BCUT2D eigenvalue weighted by Gasteiger charge is 2.28. The van der Waals surface area contributed by atoms with Crippen molar-refractivity contribution in [3.05, 3.63) is 83.5 Å². The van der Waals surface area contributed by atoms with Crippen molar-refractivity contribution in [3.63, 3.8) is 0 Å². The SMILES string of the molecule is CCOc1ccc(S(=O)(=O)N(CC(=O)Nc2ccc3sncc3c2)Cc2ccccc2)cc1Cl. The molecule has 0 aliphatic carbocycles. The maximum Gasteiger partial charge on any atom is 0.243 e. The monoisotopic (exact) mass is 515 g/mol. The Morgan fingerprint density at radius 3 is 2.65 bits per heavy atom. The van der Waals surface area contributed by atoms with E-state index in [1.54, 1.807) is 18.3 Å². The van der Waals surface area contributed by atoms with Crippen molar-refractivity contribution in [1.29, 1.82) is 0 Å². The second kappa shape index (κ2) is 10.5. The molecule has 0 saturated carbocycles. The number of anilines is 1. The number of sulfonamides is 1. The summed E-state index contributed by atoms with van der Waals surface area (Å²) in [5.41, 5.74) is 1.32. The maximum absolute atomic E-state index is 13.5. The number of rotatable bonds is 9. The third kappa shape index (κ3) is 5.56. The average Bonchev–Trinajstić information content (AvgIpc) is 3.28. The number of amides is 1. The molecule has 1 heterocycles. The number of carbonyl (C=O) groups is 1. The largest absolute Gasteiger partial charge is 0.492 e. The average molecular weight is 516 g/mol. The fourth-order valence-corrected chi connectivity index (χ4v) is 5.72. The number of fused-ring (bicyclic) bond motifs is 1. The molecule has 0 saturated heterocycles. The first-order valence-electron chi connectivity index (χ1n) is 10.5. The van der Waals surface area contributed by atoms with Gasteiger partial charge in [-0.3, -0.25) is 4.79 Å². The number of nitrogens with one attached hydrogen (secondary N) is 1. The van der Waals surface area contributed by atoms with E-state index in [1.807, 2.05) is 43.3 Å². The molecule has 0 radical (unpaired) electrons. The Bertz CT molecular complexity index is 1410. The third-order valence-electron chi connectivity index (χ3n) is 5.00. The molecular formula is C24H22ClN3O4S2. The molecule has 3 aromatic carbocycles. The van der Waals surface area contributed by atoms with Crippen LogP contribution in [-0.4, -0.2) is 36.2 Å².